The number of nitrogens with one attached hydrogen (secondary N) is 1. The van der Waals surface area contributed by atoms with Gasteiger partial charge in [-0.15, -0.1) is 0 Å². The largest absolute Gasteiger partial charge is 0.370 e. The predicted molar refractivity (Wildman–Crippen MR) is 142 cm³/mol. The molecule has 3 aromatic carbocycles. The van der Waals surface area contributed by atoms with E-state index < -0.39 is 23.9 Å². The maximum absolute atomic E-state index is 13.4. The van der Waals surface area contributed by atoms with Crippen molar-refractivity contribution in [1.82, 2.24) is 10.2 Å². The van der Waals surface area contributed by atoms with Gasteiger partial charge >= 0.3 is 0 Å². The lowest BCUT2D eigenvalue weighted by Gasteiger charge is -2.30. The minimum absolute atomic E-state index is 0.00389. The molecule has 0 aromatic heterocycles. The molecule has 2 atom stereocenters. The van der Waals surface area contributed by atoms with Crippen LogP contribution in [-0.4, -0.2) is 47.7 Å². The van der Waals surface area contributed by atoms with Gasteiger partial charge in [0.1, 0.15) is 6.04 Å². The lowest BCUT2D eigenvalue weighted by atomic mass is 10.0. The standard InChI is InChI=1S/C29H32N4O4/c1-22(17-27(30)35)32(20-24-13-7-3-8-14-24)28(36)19-31-29(37)26(18-23-11-5-2-6-12-23)33(21-34)25-15-9-4-10-16-25/h2-16,21-22,26H,17-20H2,1H3,(H2,30,35)(H,31,37)/t22?,26-/m0/s1. The molecule has 0 aliphatic carbocycles. The molecule has 3 rings (SSSR count). The Morgan fingerprint density at radius 3 is 1.95 bits per heavy atom. The third kappa shape index (κ3) is 8.03. The van der Waals surface area contributed by atoms with E-state index in [1.165, 1.54) is 9.80 Å². The highest BCUT2D eigenvalue weighted by atomic mass is 16.2. The Morgan fingerprint density at radius 1 is 0.865 bits per heavy atom. The number of nitrogens with zero attached hydrogens (tertiary/aromatic N) is 2. The second kappa shape index (κ2) is 13.6. The third-order valence-corrected chi connectivity index (χ3v) is 6.04. The summed E-state index contributed by atoms with van der Waals surface area (Å²) in [7, 11) is 0. The molecule has 0 saturated carbocycles. The van der Waals surface area contributed by atoms with Crippen LogP contribution in [0.3, 0.4) is 0 Å². The third-order valence-electron chi connectivity index (χ3n) is 6.04. The summed E-state index contributed by atoms with van der Waals surface area (Å²) in [5.41, 5.74) is 7.71. The number of nitrogens with two attached hydrogens (primary N) is 1. The molecule has 1 unspecified atom stereocenters. The second-order valence-corrected chi connectivity index (χ2v) is 8.80. The van der Waals surface area contributed by atoms with Crippen LogP contribution in [0, 0.1) is 0 Å². The molecular formula is C29H32N4O4. The Morgan fingerprint density at radius 2 is 1.41 bits per heavy atom. The van der Waals surface area contributed by atoms with Crippen LogP contribution in [0.5, 0.6) is 0 Å². The molecule has 0 aliphatic rings. The first-order valence-corrected chi connectivity index (χ1v) is 12.1. The van der Waals surface area contributed by atoms with Crippen molar-refractivity contribution in [1.29, 1.82) is 0 Å². The second-order valence-electron chi connectivity index (χ2n) is 8.80. The lowest BCUT2D eigenvalue weighted by Crippen LogP contribution is -2.51. The Labute approximate surface area is 217 Å². The van der Waals surface area contributed by atoms with E-state index in [4.69, 9.17) is 5.73 Å². The highest BCUT2D eigenvalue weighted by Crippen LogP contribution is 2.18. The molecule has 0 bridgehead atoms. The average molecular weight is 501 g/mol. The summed E-state index contributed by atoms with van der Waals surface area (Å²) in [6, 6.07) is 26.3. The number of hydrogen-bond acceptors (Lipinski definition) is 4. The van der Waals surface area contributed by atoms with Gasteiger partial charge in [-0.1, -0.05) is 78.9 Å². The van der Waals surface area contributed by atoms with Crippen LogP contribution in [0.25, 0.3) is 0 Å². The summed E-state index contributed by atoms with van der Waals surface area (Å²) in [4.78, 5) is 53.2. The zero-order chi connectivity index (χ0) is 26.6. The molecule has 37 heavy (non-hydrogen) atoms. The van der Waals surface area contributed by atoms with Gasteiger partial charge < -0.3 is 20.9 Å². The van der Waals surface area contributed by atoms with Crippen molar-refractivity contribution in [2.24, 2.45) is 5.73 Å². The van der Waals surface area contributed by atoms with Gasteiger partial charge in [0.2, 0.25) is 24.1 Å². The minimum Gasteiger partial charge on any atom is -0.370 e. The fourth-order valence-corrected chi connectivity index (χ4v) is 4.12. The van der Waals surface area contributed by atoms with E-state index in [0.29, 0.717) is 12.1 Å². The summed E-state index contributed by atoms with van der Waals surface area (Å²) < 4.78 is 0. The van der Waals surface area contributed by atoms with Crippen LogP contribution < -0.4 is 16.0 Å². The number of amides is 4. The van der Waals surface area contributed by atoms with Crippen LogP contribution in [0.1, 0.15) is 24.5 Å². The van der Waals surface area contributed by atoms with Crippen LogP contribution in [0.2, 0.25) is 0 Å². The van der Waals surface area contributed by atoms with Gasteiger partial charge in [0.15, 0.2) is 0 Å². The van der Waals surface area contributed by atoms with E-state index in [9.17, 15) is 19.2 Å². The molecule has 0 spiro atoms. The molecule has 0 saturated heterocycles. The smallest absolute Gasteiger partial charge is 0.243 e. The number of para-hydroxylation sites is 1. The fourth-order valence-electron chi connectivity index (χ4n) is 4.12. The maximum atomic E-state index is 13.4. The first-order valence-electron chi connectivity index (χ1n) is 12.1. The summed E-state index contributed by atoms with van der Waals surface area (Å²) in [6.45, 7) is 1.72. The quantitative estimate of drug-likeness (QED) is 0.351. The summed E-state index contributed by atoms with van der Waals surface area (Å²) in [6.07, 6.45) is 0.886. The molecule has 0 radical (unpaired) electrons. The van der Waals surface area contributed by atoms with E-state index in [-0.39, 0.29) is 31.8 Å². The molecule has 0 aliphatic heterocycles. The number of anilines is 1. The highest BCUT2D eigenvalue weighted by molar-refractivity contribution is 5.94. The summed E-state index contributed by atoms with van der Waals surface area (Å²) in [5, 5.41) is 2.71. The van der Waals surface area contributed by atoms with Gasteiger partial charge in [-0.2, -0.15) is 0 Å². The summed E-state index contributed by atoms with van der Waals surface area (Å²) in [5.74, 6) is -1.34. The number of hydrogen-bond donors (Lipinski definition) is 2. The van der Waals surface area contributed by atoms with Crippen molar-refractivity contribution < 1.29 is 19.2 Å². The monoisotopic (exact) mass is 500 g/mol. The average Bonchev–Trinajstić information content (AvgIpc) is 2.91. The minimum atomic E-state index is -0.874. The molecule has 8 nitrogen and oxygen atoms in total. The predicted octanol–water partition coefficient (Wildman–Crippen LogP) is 2.67. The first kappa shape index (κ1) is 27.1. The van der Waals surface area contributed by atoms with E-state index in [1.807, 2.05) is 66.7 Å². The van der Waals surface area contributed by atoms with Gasteiger partial charge in [0.25, 0.3) is 0 Å². The topological polar surface area (TPSA) is 113 Å². The van der Waals surface area contributed by atoms with Crippen molar-refractivity contribution in [2.75, 3.05) is 11.4 Å². The Kier molecular flexibility index (Phi) is 9.96. The van der Waals surface area contributed by atoms with Gasteiger partial charge in [-0.05, 0) is 30.2 Å². The van der Waals surface area contributed by atoms with E-state index in [0.717, 1.165) is 11.1 Å². The maximum Gasteiger partial charge on any atom is 0.243 e. The molecule has 0 fully saturated rings. The van der Waals surface area contributed by atoms with E-state index in [2.05, 4.69) is 5.32 Å². The van der Waals surface area contributed by atoms with Crippen molar-refractivity contribution in [3.63, 3.8) is 0 Å². The molecule has 192 valence electrons. The number of rotatable bonds is 13. The Balaban J connectivity index is 1.78. The zero-order valence-corrected chi connectivity index (χ0v) is 20.8. The summed E-state index contributed by atoms with van der Waals surface area (Å²) >= 11 is 0. The number of carbonyl (C=O) groups excluding carboxylic acids is 4. The molecule has 0 heterocycles. The SMILES string of the molecule is CC(CC(N)=O)N(Cc1ccccc1)C(=O)CNC(=O)[C@H](Cc1ccccc1)N(C=O)c1ccccc1. The first-order chi connectivity index (χ1) is 17.9. The van der Waals surface area contributed by atoms with Crippen molar-refractivity contribution in [3.8, 4) is 0 Å². The molecule has 8 heteroatoms. The Hall–Kier alpha value is -4.46. The van der Waals surface area contributed by atoms with Crippen LogP contribution in [-0.2, 0) is 32.1 Å². The van der Waals surface area contributed by atoms with Crippen LogP contribution >= 0.6 is 0 Å². The van der Waals surface area contributed by atoms with Gasteiger partial charge in [-0.25, -0.2) is 0 Å². The van der Waals surface area contributed by atoms with E-state index in [1.54, 1.807) is 31.2 Å². The van der Waals surface area contributed by atoms with Crippen LogP contribution in [0.15, 0.2) is 91.0 Å². The number of carbonyl (C=O) groups is 4. The molecule has 3 N–H and O–H groups in total. The molecular weight excluding hydrogens is 468 g/mol. The van der Waals surface area contributed by atoms with Gasteiger partial charge in [0.05, 0.1) is 6.54 Å². The van der Waals surface area contributed by atoms with Crippen molar-refractivity contribution >= 4 is 29.8 Å². The number of benzene rings is 3. The highest BCUT2D eigenvalue weighted by Gasteiger charge is 2.28. The van der Waals surface area contributed by atoms with Crippen molar-refractivity contribution in [2.45, 2.75) is 38.4 Å². The molecule has 3 aromatic rings. The normalized spacial score (nSPS) is 12.1. The molecule has 4 amide bonds. The van der Waals surface area contributed by atoms with Crippen LogP contribution in [0.4, 0.5) is 5.69 Å². The number of primary amides is 1. The van der Waals surface area contributed by atoms with Gasteiger partial charge in [0, 0.05) is 31.1 Å². The lowest BCUT2D eigenvalue weighted by molar-refractivity contribution is -0.136. The van der Waals surface area contributed by atoms with Crippen molar-refractivity contribution in [3.05, 3.63) is 102 Å². The Bertz CT molecular complexity index is 1170. The fraction of sp³-hybridized carbons (Fsp3) is 0.241. The van der Waals surface area contributed by atoms with Gasteiger partial charge in [-0.3, -0.25) is 19.2 Å². The zero-order valence-electron chi connectivity index (χ0n) is 20.8. The van der Waals surface area contributed by atoms with E-state index >= 15 is 0 Å².